The molecule has 0 saturated heterocycles. The number of carbonyl (C=O) groups excluding carboxylic acids is 1. The molecule has 0 aliphatic carbocycles. The van der Waals surface area contributed by atoms with Crippen LogP contribution in [-0.2, 0) is 11.2 Å². The Balaban J connectivity index is 2.65. The molecule has 16 heavy (non-hydrogen) atoms. The average molecular weight is 220 g/mol. The summed E-state index contributed by atoms with van der Waals surface area (Å²) in [7, 11) is 0. The van der Waals surface area contributed by atoms with Crippen molar-refractivity contribution in [1.82, 2.24) is 0 Å². The summed E-state index contributed by atoms with van der Waals surface area (Å²) in [5.41, 5.74) is 0.820. The zero-order valence-corrected chi connectivity index (χ0v) is 10.5. The molecule has 0 atom stereocenters. The molecule has 0 bridgehead atoms. The van der Waals surface area contributed by atoms with E-state index in [1.54, 1.807) is 0 Å². The van der Waals surface area contributed by atoms with Crippen LogP contribution >= 0.6 is 0 Å². The lowest BCUT2D eigenvalue weighted by molar-refractivity contribution is -0.142. The second kappa shape index (κ2) is 5.15. The van der Waals surface area contributed by atoms with Gasteiger partial charge in [-0.2, -0.15) is 0 Å². The molecule has 0 aliphatic heterocycles. The third-order valence-corrected chi connectivity index (χ3v) is 2.28. The van der Waals surface area contributed by atoms with Gasteiger partial charge >= 0.3 is 5.97 Å². The molecule has 0 saturated carbocycles. The van der Waals surface area contributed by atoms with E-state index in [1.165, 1.54) is 5.56 Å². The molecule has 2 nitrogen and oxygen atoms in total. The van der Waals surface area contributed by atoms with Gasteiger partial charge in [0, 0.05) is 0 Å². The maximum absolute atomic E-state index is 11.6. The zero-order valence-electron chi connectivity index (χ0n) is 10.5. The van der Waals surface area contributed by atoms with Crippen molar-refractivity contribution in [3.8, 4) is 5.75 Å². The molecule has 1 aromatic rings. The third kappa shape index (κ3) is 3.69. The van der Waals surface area contributed by atoms with Gasteiger partial charge in [0.05, 0.1) is 5.41 Å². The summed E-state index contributed by atoms with van der Waals surface area (Å²) < 4.78 is 5.27. The Bertz CT molecular complexity index is 344. The van der Waals surface area contributed by atoms with E-state index < -0.39 is 5.41 Å². The predicted molar refractivity (Wildman–Crippen MR) is 65.5 cm³/mol. The Morgan fingerprint density at radius 3 is 2.19 bits per heavy atom. The lowest BCUT2D eigenvalue weighted by atomic mass is 9.97. The second-order valence-electron chi connectivity index (χ2n) is 5.03. The summed E-state index contributed by atoms with van der Waals surface area (Å²) in [6.45, 7) is 7.69. The van der Waals surface area contributed by atoms with E-state index >= 15 is 0 Å². The molecule has 0 aromatic heterocycles. The van der Waals surface area contributed by atoms with Crippen molar-refractivity contribution >= 4 is 5.97 Å². The molecular formula is C14H20O2. The fraction of sp³-hybridized carbons (Fsp3) is 0.500. The van der Waals surface area contributed by atoms with Gasteiger partial charge in [0.25, 0.3) is 0 Å². The van der Waals surface area contributed by atoms with Crippen molar-refractivity contribution in [3.63, 3.8) is 0 Å². The topological polar surface area (TPSA) is 26.3 Å². The van der Waals surface area contributed by atoms with Crippen LogP contribution in [0.2, 0.25) is 0 Å². The summed E-state index contributed by atoms with van der Waals surface area (Å²) in [5, 5.41) is 0. The molecule has 0 spiro atoms. The van der Waals surface area contributed by atoms with Gasteiger partial charge < -0.3 is 4.74 Å². The first kappa shape index (κ1) is 12.8. The van der Waals surface area contributed by atoms with Gasteiger partial charge in [-0.05, 0) is 44.9 Å². The number of carbonyl (C=O) groups is 1. The van der Waals surface area contributed by atoms with Crippen LogP contribution in [0.15, 0.2) is 24.3 Å². The predicted octanol–water partition coefficient (Wildman–Crippen LogP) is 3.59. The SMILES string of the molecule is CCCc1ccc(OC(=O)C(C)(C)C)cc1. The minimum absolute atomic E-state index is 0.198. The number of esters is 1. The van der Waals surface area contributed by atoms with Crippen LogP contribution in [0.1, 0.15) is 39.7 Å². The summed E-state index contributed by atoms with van der Waals surface area (Å²) in [6, 6.07) is 7.73. The standard InChI is InChI=1S/C14H20O2/c1-5-6-11-7-9-12(10-8-11)16-13(15)14(2,3)4/h7-10H,5-6H2,1-4H3. The van der Waals surface area contributed by atoms with Crippen LogP contribution in [0, 0.1) is 5.41 Å². The Morgan fingerprint density at radius 2 is 1.75 bits per heavy atom. The van der Waals surface area contributed by atoms with Gasteiger partial charge in [-0.15, -0.1) is 0 Å². The van der Waals surface area contributed by atoms with E-state index in [9.17, 15) is 4.79 Å². The number of hydrogen-bond donors (Lipinski definition) is 0. The molecule has 0 aliphatic rings. The molecule has 1 rings (SSSR count). The van der Waals surface area contributed by atoms with E-state index in [1.807, 2.05) is 45.0 Å². The maximum Gasteiger partial charge on any atom is 0.316 e. The fourth-order valence-electron chi connectivity index (χ4n) is 1.27. The van der Waals surface area contributed by atoms with Gasteiger partial charge in [-0.3, -0.25) is 4.79 Å². The Morgan fingerprint density at radius 1 is 1.19 bits per heavy atom. The Kier molecular flexibility index (Phi) is 4.11. The van der Waals surface area contributed by atoms with Crippen LogP contribution in [0.5, 0.6) is 5.75 Å². The van der Waals surface area contributed by atoms with Crippen molar-refractivity contribution < 1.29 is 9.53 Å². The molecule has 0 heterocycles. The second-order valence-corrected chi connectivity index (χ2v) is 5.03. The van der Waals surface area contributed by atoms with Crippen molar-refractivity contribution in [3.05, 3.63) is 29.8 Å². The Hall–Kier alpha value is -1.31. The highest BCUT2D eigenvalue weighted by Crippen LogP contribution is 2.19. The lowest BCUT2D eigenvalue weighted by Gasteiger charge is -2.16. The van der Waals surface area contributed by atoms with Crippen molar-refractivity contribution in [2.24, 2.45) is 5.41 Å². The zero-order chi connectivity index (χ0) is 12.2. The van der Waals surface area contributed by atoms with Gasteiger partial charge in [0.1, 0.15) is 5.75 Å². The molecule has 1 aromatic carbocycles. The van der Waals surface area contributed by atoms with E-state index in [-0.39, 0.29) is 5.97 Å². The van der Waals surface area contributed by atoms with Gasteiger partial charge in [0.2, 0.25) is 0 Å². The number of ether oxygens (including phenoxy) is 1. The third-order valence-electron chi connectivity index (χ3n) is 2.28. The molecule has 0 fully saturated rings. The molecule has 0 unspecified atom stereocenters. The van der Waals surface area contributed by atoms with E-state index in [0.717, 1.165) is 12.8 Å². The summed E-state index contributed by atoms with van der Waals surface area (Å²) >= 11 is 0. The number of benzene rings is 1. The largest absolute Gasteiger partial charge is 0.426 e. The average Bonchev–Trinajstić information content (AvgIpc) is 2.20. The van der Waals surface area contributed by atoms with Crippen LogP contribution in [0.25, 0.3) is 0 Å². The van der Waals surface area contributed by atoms with Gasteiger partial charge in [-0.25, -0.2) is 0 Å². The normalized spacial score (nSPS) is 11.2. The van der Waals surface area contributed by atoms with Crippen molar-refractivity contribution in [2.75, 3.05) is 0 Å². The Labute approximate surface area is 97.6 Å². The number of rotatable bonds is 3. The van der Waals surface area contributed by atoms with Crippen LogP contribution in [-0.4, -0.2) is 5.97 Å². The minimum Gasteiger partial charge on any atom is -0.426 e. The number of aryl methyl sites for hydroxylation is 1. The highest BCUT2D eigenvalue weighted by atomic mass is 16.5. The first-order valence-electron chi connectivity index (χ1n) is 5.74. The van der Waals surface area contributed by atoms with Crippen molar-refractivity contribution in [1.29, 1.82) is 0 Å². The molecule has 88 valence electrons. The van der Waals surface area contributed by atoms with Gasteiger partial charge in [-0.1, -0.05) is 25.5 Å². The minimum atomic E-state index is -0.456. The number of hydrogen-bond acceptors (Lipinski definition) is 2. The van der Waals surface area contributed by atoms with E-state index in [4.69, 9.17) is 4.74 Å². The molecule has 0 radical (unpaired) electrons. The monoisotopic (exact) mass is 220 g/mol. The smallest absolute Gasteiger partial charge is 0.316 e. The van der Waals surface area contributed by atoms with Gasteiger partial charge in [0.15, 0.2) is 0 Å². The molecule has 0 amide bonds. The first-order chi connectivity index (χ1) is 7.43. The highest BCUT2D eigenvalue weighted by molar-refractivity contribution is 5.77. The first-order valence-corrected chi connectivity index (χ1v) is 5.74. The molecular weight excluding hydrogens is 200 g/mol. The summed E-state index contributed by atoms with van der Waals surface area (Å²) in [5.74, 6) is 0.426. The van der Waals surface area contributed by atoms with E-state index in [0.29, 0.717) is 5.75 Å². The maximum atomic E-state index is 11.6. The van der Waals surface area contributed by atoms with E-state index in [2.05, 4.69) is 6.92 Å². The fourth-order valence-corrected chi connectivity index (χ4v) is 1.27. The quantitative estimate of drug-likeness (QED) is 0.574. The molecule has 0 N–H and O–H groups in total. The van der Waals surface area contributed by atoms with Crippen LogP contribution < -0.4 is 4.74 Å². The van der Waals surface area contributed by atoms with Crippen LogP contribution in [0.3, 0.4) is 0 Å². The van der Waals surface area contributed by atoms with Crippen molar-refractivity contribution in [2.45, 2.75) is 40.5 Å². The lowest BCUT2D eigenvalue weighted by Crippen LogP contribution is -2.25. The summed E-state index contributed by atoms with van der Waals surface area (Å²) in [4.78, 5) is 11.6. The van der Waals surface area contributed by atoms with Crippen LogP contribution in [0.4, 0.5) is 0 Å². The molecule has 2 heteroatoms. The summed E-state index contributed by atoms with van der Waals surface area (Å²) in [6.07, 6.45) is 2.19. The highest BCUT2D eigenvalue weighted by Gasteiger charge is 2.23.